The number of nitrogens with one attached hydrogen (secondary N) is 1. The fourth-order valence-corrected chi connectivity index (χ4v) is 2.75. The minimum absolute atomic E-state index is 0.0754. The Morgan fingerprint density at radius 2 is 2.32 bits per heavy atom. The first kappa shape index (κ1) is 14.2. The predicted octanol–water partition coefficient (Wildman–Crippen LogP) is 2.37. The van der Waals surface area contributed by atoms with Crippen molar-refractivity contribution in [2.24, 2.45) is 5.84 Å². The molecule has 2 unspecified atom stereocenters. The van der Waals surface area contributed by atoms with E-state index >= 15 is 0 Å². The highest BCUT2D eigenvalue weighted by molar-refractivity contribution is 7.11. The van der Waals surface area contributed by atoms with E-state index in [-0.39, 0.29) is 6.04 Å². The van der Waals surface area contributed by atoms with Crippen LogP contribution >= 0.6 is 11.3 Å². The van der Waals surface area contributed by atoms with Crippen LogP contribution < -0.4 is 11.3 Å². The maximum Gasteiger partial charge on any atom is 0.0897 e. The first-order valence-electron chi connectivity index (χ1n) is 6.56. The van der Waals surface area contributed by atoms with Crippen molar-refractivity contribution >= 4 is 11.3 Å². The number of hydrogen-bond acceptors (Lipinski definition) is 5. The average Bonchev–Trinajstić information content (AvgIpc) is 3.04. The molecule has 0 bridgehead atoms. The SMILES string of the molecule is CCC(C)n1ccc(CC(NN)c2cnc(C)s2)n1. The molecule has 5 nitrogen and oxygen atoms in total. The zero-order valence-electron chi connectivity index (χ0n) is 11.6. The standard InChI is InChI=1S/C13H21N5S/c1-4-9(2)18-6-5-11(17-18)7-12(16-14)13-8-15-10(3)19-13/h5-6,8-9,12,16H,4,7,14H2,1-3H3. The van der Waals surface area contributed by atoms with E-state index in [2.05, 4.69) is 35.4 Å². The fourth-order valence-electron chi connectivity index (χ4n) is 1.91. The predicted molar refractivity (Wildman–Crippen MR) is 77.8 cm³/mol. The van der Waals surface area contributed by atoms with Gasteiger partial charge in [-0.15, -0.1) is 11.3 Å². The van der Waals surface area contributed by atoms with E-state index in [1.54, 1.807) is 11.3 Å². The van der Waals surface area contributed by atoms with Crippen LogP contribution in [0.25, 0.3) is 0 Å². The van der Waals surface area contributed by atoms with Gasteiger partial charge in [-0.3, -0.25) is 16.0 Å². The number of hydrazine groups is 1. The number of nitrogens with two attached hydrogens (primary N) is 1. The molecule has 0 fully saturated rings. The van der Waals surface area contributed by atoms with Crippen LogP contribution in [-0.2, 0) is 6.42 Å². The molecule has 0 spiro atoms. The lowest BCUT2D eigenvalue weighted by atomic mass is 10.1. The average molecular weight is 279 g/mol. The molecule has 104 valence electrons. The summed E-state index contributed by atoms with van der Waals surface area (Å²) in [6.07, 6.45) is 5.78. The Labute approximate surface area is 117 Å². The van der Waals surface area contributed by atoms with Gasteiger partial charge in [0, 0.05) is 29.7 Å². The van der Waals surface area contributed by atoms with Crippen LogP contribution in [0.3, 0.4) is 0 Å². The Morgan fingerprint density at radius 3 is 2.89 bits per heavy atom. The Bertz CT molecular complexity index is 519. The fraction of sp³-hybridized carbons (Fsp3) is 0.538. The van der Waals surface area contributed by atoms with E-state index in [4.69, 9.17) is 5.84 Å². The van der Waals surface area contributed by atoms with Gasteiger partial charge >= 0.3 is 0 Å². The zero-order valence-corrected chi connectivity index (χ0v) is 12.4. The third kappa shape index (κ3) is 3.40. The lowest BCUT2D eigenvalue weighted by molar-refractivity contribution is 0.467. The van der Waals surface area contributed by atoms with Gasteiger partial charge in [0.15, 0.2) is 0 Å². The van der Waals surface area contributed by atoms with Crippen LogP contribution in [-0.4, -0.2) is 14.8 Å². The summed E-state index contributed by atoms with van der Waals surface area (Å²) in [5.74, 6) is 5.65. The topological polar surface area (TPSA) is 68.8 Å². The molecular weight excluding hydrogens is 258 g/mol. The lowest BCUT2D eigenvalue weighted by Gasteiger charge is -2.12. The zero-order chi connectivity index (χ0) is 13.8. The highest BCUT2D eigenvalue weighted by atomic mass is 32.1. The molecule has 19 heavy (non-hydrogen) atoms. The molecule has 0 amide bonds. The third-order valence-corrected chi connectivity index (χ3v) is 4.33. The number of hydrogen-bond donors (Lipinski definition) is 2. The van der Waals surface area contributed by atoms with Crippen molar-refractivity contribution in [3.05, 3.63) is 34.0 Å². The third-order valence-electron chi connectivity index (χ3n) is 3.30. The second-order valence-corrected chi connectivity index (χ2v) is 6.02. The highest BCUT2D eigenvalue weighted by Crippen LogP contribution is 2.23. The number of thiazole rings is 1. The van der Waals surface area contributed by atoms with Crippen molar-refractivity contribution in [3.63, 3.8) is 0 Å². The second-order valence-electron chi connectivity index (χ2n) is 4.75. The van der Waals surface area contributed by atoms with Crippen molar-refractivity contribution in [3.8, 4) is 0 Å². The summed E-state index contributed by atoms with van der Waals surface area (Å²) in [6.45, 7) is 6.33. The molecule has 0 radical (unpaired) electrons. The molecule has 2 heterocycles. The van der Waals surface area contributed by atoms with Gasteiger partial charge in [-0.1, -0.05) is 6.92 Å². The molecule has 0 aliphatic heterocycles. The normalized spacial score (nSPS) is 14.5. The van der Waals surface area contributed by atoms with Gasteiger partial charge < -0.3 is 0 Å². The number of aromatic nitrogens is 3. The van der Waals surface area contributed by atoms with E-state index in [1.807, 2.05) is 24.0 Å². The molecule has 0 saturated carbocycles. The molecule has 0 aromatic carbocycles. The molecule has 0 saturated heterocycles. The van der Waals surface area contributed by atoms with Gasteiger partial charge in [-0.2, -0.15) is 5.10 Å². The monoisotopic (exact) mass is 279 g/mol. The van der Waals surface area contributed by atoms with Crippen molar-refractivity contribution in [1.29, 1.82) is 0 Å². The summed E-state index contributed by atoms with van der Waals surface area (Å²) in [4.78, 5) is 5.42. The minimum Gasteiger partial charge on any atom is -0.271 e. The summed E-state index contributed by atoms with van der Waals surface area (Å²) < 4.78 is 2.01. The van der Waals surface area contributed by atoms with Crippen LogP contribution in [0.15, 0.2) is 18.5 Å². The van der Waals surface area contributed by atoms with E-state index in [0.717, 1.165) is 28.4 Å². The van der Waals surface area contributed by atoms with Gasteiger partial charge in [-0.05, 0) is 26.3 Å². The molecule has 0 aliphatic carbocycles. The van der Waals surface area contributed by atoms with E-state index in [1.165, 1.54) is 0 Å². The van der Waals surface area contributed by atoms with Gasteiger partial charge in [0.05, 0.1) is 16.7 Å². The van der Waals surface area contributed by atoms with E-state index in [9.17, 15) is 0 Å². The Kier molecular flexibility index (Phi) is 4.68. The Morgan fingerprint density at radius 1 is 1.53 bits per heavy atom. The molecule has 2 aromatic heterocycles. The van der Waals surface area contributed by atoms with Gasteiger partial charge in [0.2, 0.25) is 0 Å². The lowest BCUT2D eigenvalue weighted by Crippen LogP contribution is -2.29. The maximum atomic E-state index is 5.65. The highest BCUT2D eigenvalue weighted by Gasteiger charge is 2.15. The summed E-state index contributed by atoms with van der Waals surface area (Å²) in [7, 11) is 0. The first-order chi connectivity index (χ1) is 9.13. The first-order valence-corrected chi connectivity index (χ1v) is 7.38. The van der Waals surface area contributed by atoms with Crippen LogP contribution in [0.5, 0.6) is 0 Å². The van der Waals surface area contributed by atoms with Gasteiger partial charge in [0.1, 0.15) is 0 Å². The van der Waals surface area contributed by atoms with E-state index in [0.29, 0.717) is 6.04 Å². The molecule has 0 aliphatic rings. The largest absolute Gasteiger partial charge is 0.271 e. The molecule has 6 heteroatoms. The van der Waals surface area contributed by atoms with Gasteiger partial charge in [-0.25, -0.2) is 4.98 Å². The van der Waals surface area contributed by atoms with Crippen molar-refractivity contribution in [1.82, 2.24) is 20.2 Å². The molecule has 2 atom stereocenters. The van der Waals surface area contributed by atoms with Crippen molar-refractivity contribution < 1.29 is 0 Å². The summed E-state index contributed by atoms with van der Waals surface area (Å²) >= 11 is 1.67. The van der Waals surface area contributed by atoms with Crippen LogP contribution in [0.1, 0.15) is 47.9 Å². The second kappa shape index (κ2) is 6.27. The number of aryl methyl sites for hydroxylation is 1. The van der Waals surface area contributed by atoms with Crippen LogP contribution in [0.4, 0.5) is 0 Å². The van der Waals surface area contributed by atoms with Crippen LogP contribution in [0.2, 0.25) is 0 Å². The smallest absolute Gasteiger partial charge is 0.0897 e. The molecular formula is C13H21N5S. The number of rotatable bonds is 6. The van der Waals surface area contributed by atoms with Crippen molar-refractivity contribution in [2.45, 2.75) is 45.7 Å². The van der Waals surface area contributed by atoms with E-state index < -0.39 is 0 Å². The molecule has 3 N–H and O–H groups in total. The van der Waals surface area contributed by atoms with Crippen molar-refractivity contribution in [2.75, 3.05) is 0 Å². The van der Waals surface area contributed by atoms with Crippen LogP contribution in [0, 0.1) is 6.92 Å². The Hall–Kier alpha value is -1.24. The van der Waals surface area contributed by atoms with Gasteiger partial charge in [0.25, 0.3) is 0 Å². The molecule has 2 aromatic rings. The summed E-state index contributed by atoms with van der Waals surface area (Å²) in [6, 6.07) is 2.57. The number of nitrogens with zero attached hydrogens (tertiary/aromatic N) is 3. The summed E-state index contributed by atoms with van der Waals surface area (Å²) in [5, 5.41) is 5.66. The molecule has 2 rings (SSSR count). The Balaban J connectivity index is 2.08. The summed E-state index contributed by atoms with van der Waals surface area (Å²) in [5.41, 5.74) is 3.90. The maximum absolute atomic E-state index is 5.65. The minimum atomic E-state index is 0.0754. The quantitative estimate of drug-likeness (QED) is 0.629.